The Morgan fingerprint density at radius 3 is 2.57 bits per heavy atom. The second kappa shape index (κ2) is 9.50. The Morgan fingerprint density at radius 1 is 1.11 bits per heavy atom. The van der Waals surface area contributed by atoms with Gasteiger partial charge >= 0.3 is 0 Å². The van der Waals surface area contributed by atoms with E-state index in [1.165, 1.54) is 12.1 Å². The van der Waals surface area contributed by atoms with Crippen LogP contribution in [0.15, 0.2) is 64.0 Å². The number of sulfonamides is 1. The number of benzene rings is 3. The highest BCUT2D eigenvalue weighted by molar-refractivity contribution is 9.10. The number of hydrogen-bond acceptors (Lipinski definition) is 4. The van der Waals surface area contributed by atoms with Crippen LogP contribution in [0.5, 0.6) is 5.75 Å². The lowest BCUT2D eigenvalue weighted by molar-refractivity contribution is 0.412. The summed E-state index contributed by atoms with van der Waals surface area (Å²) in [4.78, 5) is 0.211. The lowest BCUT2D eigenvalue weighted by atomic mass is 10.0. The first kappa shape index (κ1) is 21.5. The maximum Gasteiger partial charge on any atom is 0.240 e. The lowest BCUT2D eigenvalue weighted by Gasteiger charge is -2.12. The van der Waals surface area contributed by atoms with E-state index in [0.29, 0.717) is 17.3 Å². The molecule has 0 aliphatic rings. The van der Waals surface area contributed by atoms with E-state index in [-0.39, 0.29) is 4.90 Å². The van der Waals surface area contributed by atoms with E-state index in [0.717, 1.165) is 32.3 Å². The third-order valence-electron chi connectivity index (χ3n) is 4.18. The SMILES string of the molecule is COc1ccc2cc(Br)ccc2c1CSCCNS(=O)(=O)c1ccc(Cl)cc1. The first-order chi connectivity index (χ1) is 13.4. The average Bonchev–Trinajstić information content (AvgIpc) is 2.67. The number of thioether (sulfide) groups is 1. The molecule has 4 nitrogen and oxygen atoms in total. The van der Waals surface area contributed by atoms with E-state index in [2.05, 4.69) is 32.8 Å². The molecule has 0 atom stereocenters. The smallest absolute Gasteiger partial charge is 0.240 e. The zero-order chi connectivity index (χ0) is 20.1. The highest BCUT2D eigenvalue weighted by Crippen LogP contribution is 2.32. The molecule has 0 fully saturated rings. The fourth-order valence-electron chi connectivity index (χ4n) is 2.80. The van der Waals surface area contributed by atoms with Crippen LogP contribution in [0.1, 0.15) is 5.56 Å². The Hall–Kier alpha value is -1.25. The van der Waals surface area contributed by atoms with Gasteiger partial charge in [-0.05, 0) is 53.2 Å². The molecule has 3 aromatic carbocycles. The zero-order valence-electron chi connectivity index (χ0n) is 15.1. The third kappa shape index (κ3) is 5.21. The van der Waals surface area contributed by atoms with Gasteiger partial charge in [0.1, 0.15) is 5.75 Å². The number of hydrogen-bond donors (Lipinski definition) is 1. The second-order valence-electron chi connectivity index (χ2n) is 6.02. The molecular weight excluding hydrogens is 482 g/mol. The maximum atomic E-state index is 12.3. The predicted octanol–water partition coefficient (Wildman–Crippen LogP) is 5.48. The molecule has 0 heterocycles. The van der Waals surface area contributed by atoms with Gasteiger partial charge in [0.2, 0.25) is 10.0 Å². The van der Waals surface area contributed by atoms with Crippen LogP contribution in [0.4, 0.5) is 0 Å². The fourth-order valence-corrected chi connectivity index (χ4v) is 5.36. The Bertz CT molecular complexity index is 1070. The van der Waals surface area contributed by atoms with E-state index >= 15 is 0 Å². The third-order valence-corrected chi connectivity index (χ3v) is 7.39. The molecule has 8 heteroatoms. The molecule has 0 aliphatic carbocycles. The summed E-state index contributed by atoms with van der Waals surface area (Å²) in [5, 5.41) is 2.77. The summed E-state index contributed by atoms with van der Waals surface area (Å²) in [7, 11) is -1.87. The number of fused-ring (bicyclic) bond motifs is 1. The fraction of sp³-hybridized carbons (Fsp3) is 0.200. The molecule has 1 N–H and O–H groups in total. The van der Waals surface area contributed by atoms with Gasteiger partial charge in [0, 0.05) is 33.1 Å². The molecule has 0 saturated heterocycles. The number of ether oxygens (including phenoxy) is 1. The molecule has 3 rings (SSSR count). The standard InChI is InChI=1S/C20H19BrClNO3S2/c1-26-20-9-2-14-12-15(21)3-8-18(14)19(20)13-27-11-10-23-28(24,25)17-6-4-16(22)5-7-17/h2-9,12,23H,10-11,13H2,1H3. The maximum absolute atomic E-state index is 12.3. The van der Waals surface area contributed by atoms with Gasteiger partial charge in [-0.15, -0.1) is 0 Å². The van der Waals surface area contributed by atoms with Crippen molar-refractivity contribution in [2.24, 2.45) is 0 Å². The van der Waals surface area contributed by atoms with E-state index in [9.17, 15) is 8.42 Å². The minimum atomic E-state index is -3.53. The highest BCUT2D eigenvalue weighted by Gasteiger charge is 2.13. The summed E-state index contributed by atoms with van der Waals surface area (Å²) in [5.74, 6) is 2.21. The van der Waals surface area contributed by atoms with Crippen molar-refractivity contribution >= 4 is 60.1 Å². The Labute approximate surface area is 182 Å². The van der Waals surface area contributed by atoms with E-state index in [1.54, 1.807) is 31.0 Å². The number of halogens is 2. The molecule has 28 heavy (non-hydrogen) atoms. The van der Waals surface area contributed by atoms with Crippen LogP contribution in [0.2, 0.25) is 5.02 Å². The summed E-state index contributed by atoms with van der Waals surface area (Å²) in [5.41, 5.74) is 1.11. The summed E-state index contributed by atoms with van der Waals surface area (Å²) in [6.07, 6.45) is 0. The van der Waals surface area contributed by atoms with Crippen molar-refractivity contribution in [2.45, 2.75) is 10.6 Å². The molecule has 0 aliphatic heterocycles. The monoisotopic (exact) mass is 499 g/mol. The van der Waals surface area contributed by atoms with Gasteiger partial charge in [-0.2, -0.15) is 11.8 Å². The minimum absolute atomic E-state index is 0.211. The first-order valence-corrected chi connectivity index (χ1v) is 12.3. The minimum Gasteiger partial charge on any atom is -0.496 e. The predicted molar refractivity (Wildman–Crippen MR) is 121 cm³/mol. The lowest BCUT2D eigenvalue weighted by Crippen LogP contribution is -2.26. The quantitative estimate of drug-likeness (QED) is 0.416. The number of methoxy groups -OCH3 is 1. The summed E-state index contributed by atoms with van der Waals surface area (Å²) in [6.45, 7) is 0.342. The molecule has 3 aromatic rings. The number of rotatable bonds is 8. The number of nitrogens with one attached hydrogen (secondary N) is 1. The first-order valence-electron chi connectivity index (χ1n) is 8.49. The van der Waals surface area contributed by atoms with Gasteiger partial charge in [0.25, 0.3) is 0 Å². The van der Waals surface area contributed by atoms with Crippen LogP contribution in [0, 0.1) is 0 Å². The molecule has 0 aromatic heterocycles. The van der Waals surface area contributed by atoms with Gasteiger partial charge in [0.05, 0.1) is 12.0 Å². The van der Waals surface area contributed by atoms with Crippen LogP contribution < -0.4 is 9.46 Å². The van der Waals surface area contributed by atoms with Crippen LogP contribution in [0.25, 0.3) is 10.8 Å². The van der Waals surface area contributed by atoms with Crippen molar-refractivity contribution < 1.29 is 13.2 Å². The molecule has 0 unspecified atom stereocenters. The average molecular weight is 501 g/mol. The van der Waals surface area contributed by atoms with Gasteiger partial charge in [0.15, 0.2) is 0 Å². The molecule has 148 valence electrons. The van der Waals surface area contributed by atoms with Gasteiger partial charge < -0.3 is 4.74 Å². The van der Waals surface area contributed by atoms with Crippen LogP contribution in [0.3, 0.4) is 0 Å². The normalized spacial score (nSPS) is 11.7. The summed E-state index contributed by atoms with van der Waals surface area (Å²) < 4.78 is 33.8. The Kier molecular flexibility index (Phi) is 7.28. The van der Waals surface area contributed by atoms with Crippen LogP contribution in [-0.4, -0.2) is 27.8 Å². The van der Waals surface area contributed by atoms with Crippen molar-refractivity contribution in [2.75, 3.05) is 19.4 Å². The Morgan fingerprint density at radius 2 is 1.86 bits per heavy atom. The zero-order valence-corrected chi connectivity index (χ0v) is 19.1. The topological polar surface area (TPSA) is 55.4 Å². The summed E-state index contributed by atoms with van der Waals surface area (Å²) >= 11 is 11.0. The van der Waals surface area contributed by atoms with Crippen LogP contribution in [-0.2, 0) is 15.8 Å². The molecular formula is C20H19BrClNO3S2. The van der Waals surface area contributed by atoms with E-state index in [1.807, 2.05) is 18.2 Å². The van der Waals surface area contributed by atoms with Gasteiger partial charge in [-0.1, -0.05) is 39.7 Å². The molecule has 0 amide bonds. The second-order valence-corrected chi connectivity index (χ2v) is 10.2. The van der Waals surface area contributed by atoms with E-state index < -0.39 is 10.0 Å². The van der Waals surface area contributed by atoms with E-state index in [4.69, 9.17) is 16.3 Å². The molecule has 0 spiro atoms. The van der Waals surface area contributed by atoms with Gasteiger partial charge in [-0.3, -0.25) is 0 Å². The molecule has 0 radical (unpaired) electrons. The van der Waals surface area contributed by atoms with Crippen molar-refractivity contribution in [1.82, 2.24) is 4.72 Å². The van der Waals surface area contributed by atoms with Crippen molar-refractivity contribution in [1.29, 1.82) is 0 Å². The highest BCUT2D eigenvalue weighted by atomic mass is 79.9. The Balaban J connectivity index is 1.61. The largest absolute Gasteiger partial charge is 0.496 e. The summed E-state index contributed by atoms with van der Waals surface area (Å²) in [6, 6.07) is 16.3. The van der Waals surface area contributed by atoms with Crippen molar-refractivity contribution in [3.8, 4) is 5.75 Å². The van der Waals surface area contributed by atoms with Crippen molar-refractivity contribution in [3.63, 3.8) is 0 Å². The van der Waals surface area contributed by atoms with Crippen molar-refractivity contribution in [3.05, 3.63) is 69.7 Å². The van der Waals surface area contributed by atoms with Gasteiger partial charge in [-0.25, -0.2) is 13.1 Å². The molecule has 0 saturated carbocycles. The molecule has 0 bridgehead atoms. The van der Waals surface area contributed by atoms with Crippen LogP contribution >= 0.6 is 39.3 Å².